The van der Waals surface area contributed by atoms with Gasteiger partial charge in [-0.25, -0.2) is 0 Å². The molecule has 0 bridgehead atoms. The molecular weight excluding hydrogens is 360 g/mol. The van der Waals surface area contributed by atoms with Crippen molar-refractivity contribution in [3.63, 3.8) is 0 Å². The van der Waals surface area contributed by atoms with Crippen LogP contribution in [0.5, 0.6) is 11.5 Å². The zero-order valence-corrected chi connectivity index (χ0v) is 16.3. The largest absolute Gasteiger partial charge is 0.457 e. The van der Waals surface area contributed by atoms with Crippen LogP contribution < -0.4 is 15.0 Å². The van der Waals surface area contributed by atoms with Crippen molar-refractivity contribution in [2.75, 3.05) is 13.1 Å². The van der Waals surface area contributed by atoms with E-state index < -0.39 is 0 Å². The van der Waals surface area contributed by atoms with E-state index in [-0.39, 0.29) is 17.9 Å². The number of para-hydroxylation sites is 2. The number of nitrogens with one attached hydrogen (secondary N) is 2. The highest BCUT2D eigenvalue weighted by molar-refractivity contribution is 5.89. The summed E-state index contributed by atoms with van der Waals surface area (Å²) >= 11 is 0. The topological polar surface area (TPSA) is 42.8 Å². The Morgan fingerprint density at radius 1 is 0.897 bits per heavy atom. The zero-order valence-electron chi connectivity index (χ0n) is 16.3. The third kappa shape index (κ3) is 3.64. The number of benzene rings is 3. The average Bonchev–Trinajstić information content (AvgIpc) is 3.19. The Morgan fingerprint density at radius 3 is 2.21 bits per heavy atom. The molecule has 29 heavy (non-hydrogen) atoms. The van der Waals surface area contributed by atoms with Crippen LogP contribution in [0.1, 0.15) is 29.0 Å². The van der Waals surface area contributed by atoms with Crippen LogP contribution >= 0.6 is 0 Å². The van der Waals surface area contributed by atoms with Crippen LogP contribution in [0.25, 0.3) is 0 Å². The number of fused-ring (bicyclic) bond motifs is 2. The van der Waals surface area contributed by atoms with Crippen LogP contribution in [0.4, 0.5) is 0 Å². The van der Waals surface area contributed by atoms with Gasteiger partial charge in [-0.05, 0) is 12.1 Å². The fourth-order valence-electron chi connectivity index (χ4n) is 4.58. The molecule has 0 radical (unpaired) electrons. The predicted octanol–water partition coefficient (Wildman–Crippen LogP) is 2.90. The summed E-state index contributed by atoms with van der Waals surface area (Å²) in [6.07, 6.45) is 1.01. The molecule has 4 heteroatoms. The second-order valence-electron chi connectivity index (χ2n) is 7.97. The Labute approximate surface area is 171 Å². The molecule has 1 saturated heterocycles. The highest BCUT2D eigenvalue weighted by Gasteiger charge is 2.35. The van der Waals surface area contributed by atoms with E-state index in [0.29, 0.717) is 0 Å². The molecule has 5 rings (SSSR count). The maximum Gasteiger partial charge on any atom is 0.232 e. The number of likely N-dealkylation sites (tertiary alicyclic amines) is 1. The van der Waals surface area contributed by atoms with Crippen molar-refractivity contribution >= 4 is 5.91 Å². The molecule has 3 aromatic carbocycles. The molecule has 0 aromatic heterocycles. The highest BCUT2D eigenvalue weighted by atomic mass is 16.5. The minimum atomic E-state index is -0.325. The first-order valence-corrected chi connectivity index (χ1v) is 10.3. The molecule has 2 N–H and O–H groups in total. The Hall–Kier alpha value is -3.11. The third-order valence-electron chi connectivity index (χ3n) is 5.97. The molecule has 2 aliphatic rings. The maximum atomic E-state index is 13.4. The Morgan fingerprint density at radius 2 is 1.52 bits per heavy atom. The van der Waals surface area contributed by atoms with E-state index in [1.807, 2.05) is 48.5 Å². The average molecular weight is 385 g/mol. The third-order valence-corrected chi connectivity index (χ3v) is 5.97. The quantitative estimate of drug-likeness (QED) is 0.725. The molecule has 1 unspecified atom stereocenters. The second-order valence-corrected chi connectivity index (χ2v) is 7.97. The van der Waals surface area contributed by atoms with Gasteiger partial charge in [-0.15, -0.1) is 0 Å². The van der Waals surface area contributed by atoms with Crippen LogP contribution in [-0.2, 0) is 11.3 Å². The Balaban J connectivity index is 1.32. The molecule has 4 nitrogen and oxygen atoms in total. The molecule has 0 spiro atoms. The van der Waals surface area contributed by atoms with E-state index in [0.717, 1.165) is 48.7 Å². The number of carbonyl (C=O) groups is 1. The van der Waals surface area contributed by atoms with Crippen LogP contribution in [0, 0.1) is 0 Å². The number of ether oxygens (including phenoxy) is 1. The molecule has 2 heterocycles. The number of hydrogen-bond donors (Lipinski definition) is 2. The monoisotopic (exact) mass is 385 g/mol. The lowest BCUT2D eigenvalue weighted by Crippen LogP contribution is -3.09. The van der Waals surface area contributed by atoms with Crippen molar-refractivity contribution in [1.29, 1.82) is 0 Å². The lowest BCUT2D eigenvalue weighted by molar-refractivity contribution is -0.901. The summed E-state index contributed by atoms with van der Waals surface area (Å²) in [6, 6.07) is 26.5. The Bertz CT molecular complexity index is 973. The van der Waals surface area contributed by atoms with Crippen LogP contribution in [0.3, 0.4) is 0 Å². The van der Waals surface area contributed by atoms with E-state index in [9.17, 15) is 4.79 Å². The molecule has 1 amide bonds. The summed E-state index contributed by atoms with van der Waals surface area (Å²) in [5.41, 5.74) is 3.23. The molecular formula is C25H25N2O2+. The van der Waals surface area contributed by atoms with Crippen LogP contribution in [-0.4, -0.2) is 25.0 Å². The van der Waals surface area contributed by atoms with Crippen molar-refractivity contribution in [2.24, 2.45) is 0 Å². The molecule has 0 saturated carbocycles. The second kappa shape index (κ2) is 7.72. The molecule has 2 aliphatic heterocycles. The first kappa shape index (κ1) is 18.0. The molecule has 1 fully saturated rings. The van der Waals surface area contributed by atoms with Crippen LogP contribution in [0.15, 0.2) is 78.9 Å². The summed E-state index contributed by atoms with van der Waals surface area (Å²) in [4.78, 5) is 14.9. The van der Waals surface area contributed by atoms with Crippen molar-refractivity contribution < 1.29 is 14.4 Å². The minimum Gasteiger partial charge on any atom is -0.457 e. The van der Waals surface area contributed by atoms with E-state index in [1.165, 1.54) is 10.5 Å². The van der Waals surface area contributed by atoms with Gasteiger partial charge in [0.1, 0.15) is 18.0 Å². The van der Waals surface area contributed by atoms with Gasteiger partial charge in [-0.1, -0.05) is 66.7 Å². The van der Waals surface area contributed by atoms with Gasteiger partial charge in [-0.2, -0.15) is 0 Å². The van der Waals surface area contributed by atoms with Gasteiger partial charge in [0, 0.05) is 23.1 Å². The number of hydrogen-bond acceptors (Lipinski definition) is 2. The summed E-state index contributed by atoms with van der Waals surface area (Å²) < 4.78 is 6.03. The molecule has 2 atom stereocenters. The zero-order chi connectivity index (χ0) is 19.6. The van der Waals surface area contributed by atoms with Gasteiger partial charge in [0.25, 0.3) is 0 Å². The van der Waals surface area contributed by atoms with Crippen LogP contribution in [0.2, 0.25) is 0 Å². The lowest BCUT2D eigenvalue weighted by atomic mass is 9.87. The van der Waals surface area contributed by atoms with Gasteiger partial charge in [0.15, 0.2) is 0 Å². The molecule has 3 aromatic rings. The van der Waals surface area contributed by atoms with E-state index >= 15 is 0 Å². The van der Waals surface area contributed by atoms with E-state index in [1.54, 1.807) is 0 Å². The van der Waals surface area contributed by atoms with E-state index in [2.05, 4.69) is 35.6 Å². The Kier molecular flexibility index (Phi) is 4.78. The summed E-state index contributed by atoms with van der Waals surface area (Å²) in [5, 5.41) is 3.33. The van der Waals surface area contributed by atoms with Crippen molar-refractivity contribution in [3.05, 3.63) is 95.6 Å². The first-order valence-electron chi connectivity index (χ1n) is 10.3. The fourth-order valence-corrected chi connectivity index (χ4v) is 4.58. The minimum absolute atomic E-state index is 0.0687. The van der Waals surface area contributed by atoms with Gasteiger partial charge < -0.3 is 15.0 Å². The summed E-state index contributed by atoms with van der Waals surface area (Å²) in [6.45, 7) is 3.06. The summed E-state index contributed by atoms with van der Waals surface area (Å²) in [5.74, 6) is 1.29. The fraction of sp³-hybridized carbons (Fsp3) is 0.240. The molecule has 0 aliphatic carbocycles. The maximum absolute atomic E-state index is 13.4. The predicted molar refractivity (Wildman–Crippen MR) is 112 cm³/mol. The first-order chi connectivity index (χ1) is 14.3. The van der Waals surface area contributed by atoms with Gasteiger partial charge in [0.05, 0.1) is 25.0 Å². The van der Waals surface area contributed by atoms with E-state index in [4.69, 9.17) is 4.74 Å². The highest BCUT2D eigenvalue weighted by Crippen LogP contribution is 2.43. The SMILES string of the molecule is O=C(N[C@@H]1CC[NH+](Cc2ccccc2)C1)C1c2ccccc2Oc2ccccc21. The smallest absolute Gasteiger partial charge is 0.232 e. The van der Waals surface area contributed by atoms with Gasteiger partial charge in [0.2, 0.25) is 5.91 Å². The number of amides is 1. The number of carbonyl (C=O) groups excluding carboxylic acids is 1. The summed E-state index contributed by atoms with van der Waals surface area (Å²) in [7, 11) is 0. The standard InChI is InChI=1S/C25H24N2O2/c28-25(26-19-14-15-27(17-19)16-18-8-2-1-3-9-18)24-20-10-4-6-12-22(20)29-23-13-7-5-11-21(23)24/h1-13,19,24H,14-17H2,(H,26,28)/p+1/t19-/m1/s1. The lowest BCUT2D eigenvalue weighted by Gasteiger charge is -2.28. The number of rotatable bonds is 4. The normalized spacial score (nSPS) is 20.4. The van der Waals surface area contributed by atoms with Crippen molar-refractivity contribution in [1.82, 2.24) is 5.32 Å². The molecule has 146 valence electrons. The van der Waals surface area contributed by atoms with Gasteiger partial charge >= 0.3 is 0 Å². The van der Waals surface area contributed by atoms with Crippen molar-refractivity contribution in [3.8, 4) is 11.5 Å². The number of quaternary nitrogens is 1. The van der Waals surface area contributed by atoms with Crippen molar-refractivity contribution in [2.45, 2.75) is 24.9 Å². The van der Waals surface area contributed by atoms with Gasteiger partial charge in [-0.3, -0.25) is 4.79 Å².